The average molecular weight is 411 g/mol. The third-order valence-electron chi connectivity index (χ3n) is 4.25. The molecule has 10 heteroatoms. The highest BCUT2D eigenvalue weighted by Crippen LogP contribution is 2.24. The maximum atomic E-state index is 12.5. The largest absolute Gasteiger partial charge is 0.751 e. The molecule has 0 unspecified atom stereocenters. The first-order valence-corrected chi connectivity index (χ1v) is 12.1. The van der Waals surface area contributed by atoms with E-state index in [1.807, 2.05) is 0 Å². The van der Waals surface area contributed by atoms with Gasteiger partial charge >= 0.3 is 23.8 Å². The number of carbonyl (C=O) groups excluding carboxylic acids is 1. The maximum Gasteiger partial charge on any atom is 0.751 e. The van der Waals surface area contributed by atoms with E-state index in [1.54, 1.807) is 28.3 Å². The van der Waals surface area contributed by atoms with E-state index < -0.39 is 23.8 Å². The zero-order valence-corrected chi connectivity index (χ0v) is 19.3. The van der Waals surface area contributed by atoms with Crippen molar-refractivity contribution in [3.8, 4) is 0 Å². The van der Waals surface area contributed by atoms with Crippen LogP contribution in [0.3, 0.4) is 0 Å². The molecule has 0 aromatic carbocycles. The zero-order valence-electron chi connectivity index (χ0n) is 17.3. The van der Waals surface area contributed by atoms with Gasteiger partial charge in [0.2, 0.25) is 0 Å². The van der Waals surface area contributed by atoms with Gasteiger partial charge in [-0.2, -0.15) is 0 Å². The molecule has 0 saturated carbocycles. The Bertz CT molecular complexity index is 431. The minimum Gasteiger partial charge on any atom is -0.448 e. The Morgan fingerprint density at radius 1 is 0.808 bits per heavy atom. The van der Waals surface area contributed by atoms with Gasteiger partial charge in [-0.25, -0.2) is 4.79 Å². The monoisotopic (exact) mass is 410 g/mol. The molecule has 0 N–H and O–H groups in total. The fourth-order valence-corrected chi connectivity index (χ4v) is 5.44. The molecule has 154 valence electrons. The predicted octanol–water partition coefficient (Wildman–Crippen LogP) is 2.68. The van der Waals surface area contributed by atoms with Crippen LogP contribution in [0.25, 0.3) is 0 Å². The summed E-state index contributed by atoms with van der Waals surface area (Å²) in [6.45, 7) is 3.82. The summed E-state index contributed by atoms with van der Waals surface area (Å²) in [4.78, 5) is 12.5. The van der Waals surface area contributed by atoms with E-state index in [0.717, 1.165) is 31.3 Å². The number of rotatable bonds is 14. The van der Waals surface area contributed by atoms with Gasteiger partial charge in [0.15, 0.2) is 0 Å². The third-order valence-corrected chi connectivity index (χ3v) is 9.02. The highest BCUT2D eigenvalue weighted by atomic mass is 28.4. The van der Waals surface area contributed by atoms with Crippen molar-refractivity contribution >= 4 is 23.8 Å². The van der Waals surface area contributed by atoms with Crippen LogP contribution in [0.4, 0.5) is 0 Å². The highest BCUT2D eigenvalue weighted by Gasteiger charge is 2.47. The smallest absolute Gasteiger partial charge is 0.448 e. The molecule has 0 aromatic rings. The van der Waals surface area contributed by atoms with Gasteiger partial charge in [-0.1, -0.05) is 18.9 Å². The van der Waals surface area contributed by atoms with Crippen molar-refractivity contribution in [3.63, 3.8) is 0 Å². The summed E-state index contributed by atoms with van der Waals surface area (Å²) in [7, 11) is 2.91. The normalized spacial score (nSPS) is 13.5. The van der Waals surface area contributed by atoms with E-state index in [4.69, 9.17) is 31.0 Å². The van der Waals surface area contributed by atoms with Gasteiger partial charge in [-0.05, 0) is 26.2 Å². The minimum atomic E-state index is -3.43. The predicted molar refractivity (Wildman–Crippen MR) is 101 cm³/mol. The Hall–Kier alpha value is -0.596. The first-order valence-electron chi connectivity index (χ1n) is 8.55. The summed E-state index contributed by atoms with van der Waals surface area (Å²) >= 11 is 0. The van der Waals surface area contributed by atoms with E-state index in [-0.39, 0.29) is 0 Å². The first kappa shape index (κ1) is 25.4. The first-order chi connectivity index (χ1) is 12.3. The molecule has 26 heavy (non-hydrogen) atoms. The summed E-state index contributed by atoms with van der Waals surface area (Å²) in [5, 5.41) is 0. The van der Waals surface area contributed by atoms with E-state index in [1.165, 1.54) is 21.3 Å². The van der Waals surface area contributed by atoms with E-state index in [2.05, 4.69) is 6.92 Å². The summed E-state index contributed by atoms with van der Waals surface area (Å²) < 4.78 is 37.2. The Morgan fingerprint density at radius 3 is 1.69 bits per heavy atom. The van der Waals surface area contributed by atoms with E-state index in [0.29, 0.717) is 11.6 Å². The molecular formula is C16H34O8Si2. The molecule has 0 aliphatic carbocycles. The lowest BCUT2D eigenvalue weighted by Gasteiger charge is -2.25. The Labute approximate surface area is 159 Å². The molecule has 0 atom stereocenters. The lowest BCUT2D eigenvalue weighted by atomic mass is 10.0. The second-order valence-electron chi connectivity index (χ2n) is 5.63. The molecular weight excluding hydrogens is 376 g/mol. The van der Waals surface area contributed by atoms with Gasteiger partial charge in [0, 0.05) is 54.3 Å². The van der Waals surface area contributed by atoms with Crippen LogP contribution in [0, 0.1) is 0 Å². The summed E-state index contributed by atoms with van der Waals surface area (Å²) in [5.74, 6) is -0.487. The van der Waals surface area contributed by atoms with Crippen molar-refractivity contribution in [1.82, 2.24) is 0 Å². The van der Waals surface area contributed by atoms with Gasteiger partial charge in [-0.15, -0.1) is 0 Å². The molecule has 0 aliphatic heterocycles. The van der Waals surface area contributed by atoms with Crippen LogP contribution in [0.2, 0.25) is 6.04 Å². The topological polar surface area (TPSA) is 81.7 Å². The SMILES string of the molecule is CCCC(CCC[Si](OC)(OC)OC)=C(C)C(=O)O[Si](OC)(OC)OC. The average Bonchev–Trinajstić information content (AvgIpc) is 2.68. The highest BCUT2D eigenvalue weighted by molar-refractivity contribution is 6.60. The van der Waals surface area contributed by atoms with Crippen molar-refractivity contribution < 1.29 is 35.8 Å². The summed E-state index contributed by atoms with van der Waals surface area (Å²) in [6, 6.07) is 0.666. The zero-order chi connectivity index (χ0) is 20.2. The molecule has 0 aromatic heterocycles. The Balaban J connectivity index is 5.15. The maximum absolute atomic E-state index is 12.5. The molecule has 0 heterocycles. The Morgan fingerprint density at radius 2 is 1.31 bits per heavy atom. The summed E-state index contributed by atoms with van der Waals surface area (Å²) in [5.41, 5.74) is 1.57. The van der Waals surface area contributed by atoms with Crippen LogP contribution < -0.4 is 0 Å². The molecule has 0 amide bonds. The van der Waals surface area contributed by atoms with Crippen LogP contribution in [-0.4, -0.2) is 66.5 Å². The van der Waals surface area contributed by atoms with Gasteiger partial charge in [0.25, 0.3) is 0 Å². The standard InChI is InChI=1S/C16H34O8Si2/c1-9-11-15(12-10-13-25(18-3,19-4)20-5)14(2)16(17)24-26(21-6,22-7)23-8/h9-13H2,1-8H3. The lowest BCUT2D eigenvalue weighted by Crippen LogP contribution is -2.48. The van der Waals surface area contributed by atoms with Gasteiger partial charge < -0.3 is 31.0 Å². The molecule has 0 bridgehead atoms. The molecule has 0 saturated heterocycles. The fraction of sp³-hybridized carbons (Fsp3) is 0.812. The molecule has 0 rings (SSSR count). The van der Waals surface area contributed by atoms with Crippen molar-refractivity contribution in [2.24, 2.45) is 0 Å². The summed E-state index contributed by atoms with van der Waals surface area (Å²) in [6.07, 6.45) is 3.22. The number of hydrogen-bond donors (Lipinski definition) is 0. The van der Waals surface area contributed by atoms with Gasteiger partial charge in [-0.3, -0.25) is 0 Å². The minimum absolute atomic E-state index is 0.487. The van der Waals surface area contributed by atoms with Crippen molar-refractivity contribution in [1.29, 1.82) is 0 Å². The van der Waals surface area contributed by atoms with E-state index in [9.17, 15) is 4.79 Å². The number of allylic oxidation sites excluding steroid dienone is 1. The second kappa shape index (κ2) is 12.7. The van der Waals surface area contributed by atoms with Crippen molar-refractivity contribution in [2.75, 3.05) is 42.7 Å². The van der Waals surface area contributed by atoms with Crippen molar-refractivity contribution in [2.45, 2.75) is 45.6 Å². The van der Waals surface area contributed by atoms with Crippen LogP contribution in [-0.2, 0) is 35.8 Å². The van der Waals surface area contributed by atoms with Crippen molar-refractivity contribution in [3.05, 3.63) is 11.1 Å². The molecule has 0 aliphatic rings. The van der Waals surface area contributed by atoms with Crippen LogP contribution in [0.1, 0.15) is 39.5 Å². The van der Waals surface area contributed by atoms with Crippen LogP contribution in [0.5, 0.6) is 0 Å². The molecule has 0 radical (unpaired) electrons. The molecule has 8 nitrogen and oxygen atoms in total. The van der Waals surface area contributed by atoms with Gasteiger partial charge in [0.1, 0.15) is 0 Å². The third kappa shape index (κ3) is 7.20. The second-order valence-corrected chi connectivity index (χ2v) is 11.1. The molecule has 0 fully saturated rings. The quantitative estimate of drug-likeness (QED) is 0.319. The lowest BCUT2D eigenvalue weighted by molar-refractivity contribution is -0.138. The van der Waals surface area contributed by atoms with Crippen LogP contribution in [0.15, 0.2) is 11.1 Å². The van der Waals surface area contributed by atoms with E-state index >= 15 is 0 Å². The number of carbonyl (C=O) groups is 1. The number of hydrogen-bond acceptors (Lipinski definition) is 8. The fourth-order valence-electron chi connectivity index (χ4n) is 2.59. The van der Waals surface area contributed by atoms with Gasteiger partial charge in [0.05, 0.1) is 0 Å². The molecule has 0 spiro atoms. The van der Waals surface area contributed by atoms with Crippen LogP contribution >= 0.6 is 0 Å². The Kier molecular flexibility index (Phi) is 12.4.